The summed E-state index contributed by atoms with van der Waals surface area (Å²) in [6.45, 7) is 3.74. The average Bonchev–Trinajstić information content (AvgIpc) is 3.12. The van der Waals surface area contributed by atoms with Gasteiger partial charge in [0.1, 0.15) is 0 Å². The maximum atomic E-state index is 12.0. The summed E-state index contributed by atoms with van der Waals surface area (Å²) in [5, 5.41) is 0. The summed E-state index contributed by atoms with van der Waals surface area (Å²) in [4.78, 5) is 14.2. The molecule has 1 aromatic carbocycles. The summed E-state index contributed by atoms with van der Waals surface area (Å²) in [7, 11) is 2.04. The van der Waals surface area contributed by atoms with Gasteiger partial charge in [-0.05, 0) is 37.8 Å². The Bertz CT molecular complexity index is 378. The van der Waals surface area contributed by atoms with Crippen LogP contribution in [0.25, 0.3) is 0 Å². The lowest BCUT2D eigenvalue weighted by Crippen LogP contribution is -2.27. The summed E-state index contributed by atoms with van der Waals surface area (Å²) >= 11 is 0. The summed E-state index contributed by atoms with van der Waals surface area (Å²) in [6, 6.07) is 8.00. The fourth-order valence-electron chi connectivity index (χ4n) is 2.07. The van der Waals surface area contributed by atoms with Crippen LogP contribution >= 0.6 is 0 Å². The molecule has 0 aliphatic heterocycles. The number of hydrogen-bond acceptors (Lipinski definition) is 2. The molecule has 92 valence electrons. The van der Waals surface area contributed by atoms with Crippen molar-refractivity contribution < 1.29 is 4.79 Å². The molecular weight excluding hydrogens is 210 g/mol. The topological polar surface area (TPSA) is 20.3 Å². The Morgan fingerprint density at radius 1 is 1.29 bits per heavy atom. The molecule has 0 unspecified atom stereocenters. The molecule has 2 rings (SSSR count). The highest BCUT2D eigenvalue weighted by atomic mass is 16.1. The van der Waals surface area contributed by atoms with Crippen LogP contribution in [-0.4, -0.2) is 30.8 Å². The summed E-state index contributed by atoms with van der Waals surface area (Å²) < 4.78 is 0. The quantitative estimate of drug-likeness (QED) is 0.702. The van der Waals surface area contributed by atoms with Gasteiger partial charge in [-0.1, -0.05) is 31.2 Å². The van der Waals surface area contributed by atoms with E-state index in [1.54, 1.807) is 0 Å². The molecule has 17 heavy (non-hydrogen) atoms. The van der Waals surface area contributed by atoms with E-state index in [4.69, 9.17) is 0 Å². The Morgan fingerprint density at radius 3 is 2.47 bits per heavy atom. The van der Waals surface area contributed by atoms with E-state index in [1.807, 2.05) is 31.3 Å². The summed E-state index contributed by atoms with van der Waals surface area (Å²) in [5.41, 5.74) is 2.12. The van der Waals surface area contributed by atoms with E-state index in [0.29, 0.717) is 6.54 Å². The van der Waals surface area contributed by atoms with Crippen LogP contribution in [0.3, 0.4) is 0 Å². The van der Waals surface area contributed by atoms with Gasteiger partial charge >= 0.3 is 0 Å². The standard InChI is InChI=1S/C15H21NO/c1-3-12-6-8-14(9-7-12)15(17)11-16(2)10-13-4-5-13/h6-9,13H,3-5,10-11H2,1-2H3. The lowest BCUT2D eigenvalue weighted by atomic mass is 10.1. The molecule has 1 aliphatic carbocycles. The number of carbonyl (C=O) groups excluding carboxylic acids is 1. The van der Waals surface area contributed by atoms with Gasteiger partial charge in [0.25, 0.3) is 0 Å². The second kappa shape index (κ2) is 5.46. The zero-order valence-electron chi connectivity index (χ0n) is 10.8. The molecule has 0 heterocycles. The van der Waals surface area contributed by atoms with Crippen LogP contribution in [0.15, 0.2) is 24.3 Å². The van der Waals surface area contributed by atoms with Crippen LogP contribution in [0, 0.1) is 5.92 Å². The van der Waals surface area contributed by atoms with E-state index in [-0.39, 0.29) is 5.78 Å². The van der Waals surface area contributed by atoms with E-state index in [0.717, 1.165) is 24.4 Å². The highest BCUT2D eigenvalue weighted by Gasteiger charge is 2.23. The molecule has 1 aromatic rings. The van der Waals surface area contributed by atoms with Gasteiger partial charge in [-0.25, -0.2) is 0 Å². The van der Waals surface area contributed by atoms with Crippen molar-refractivity contribution in [3.05, 3.63) is 35.4 Å². The monoisotopic (exact) mass is 231 g/mol. The molecule has 2 heteroatoms. The Labute approximate surface area is 104 Å². The first kappa shape index (κ1) is 12.3. The van der Waals surface area contributed by atoms with Crippen LogP contribution in [0.4, 0.5) is 0 Å². The maximum Gasteiger partial charge on any atom is 0.176 e. The van der Waals surface area contributed by atoms with Gasteiger partial charge in [-0.2, -0.15) is 0 Å². The largest absolute Gasteiger partial charge is 0.299 e. The molecule has 0 bridgehead atoms. The molecule has 0 spiro atoms. The van der Waals surface area contributed by atoms with Gasteiger partial charge in [-0.3, -0.25) is 9.69 Å². The van der Waals surface area contributed by atoms with Crippen molar-refractivity contribution >= 4 is 5.78 Å². The Hall–Kier alpha value is -1.15. The third kappa shape index (κ3) is 3.67. The van der Waals surface area contributed by atoms with Crippen molar-refractivity contribution in [1.29, 1.82) is 0 Å². The molecular formula is C15H21NO. The SMILES string of the molecule is CCc1ccc(C(=O)CN(C)CC2CC2)cc1. The molecule has 1 saturated carbocycles. The molecule has 1 aliphatic rings. The molecule has 0 atom stereocenters. The lowest BCUT2D eigenvalue weighted by molar-refractivity contribution is 0.0944. The van der Waals surface area contributed by atoms with Crippen molar-refractivity contribution in [1.82, 2.24) is 4.90 Å². The van der Waals surface area contributed by atoms with Crippen molar-refractivity contribution in [3.63, 3.8) is 0 Å². The van der Waals surface area contributed by atoms with Crippen molar-refractivity contribution in [2.24, 2.45) is 5.92 Å². The summed E-state index contributed by atoms with van der Waals surface area (Å²) in [6.07, 6.45) is 3.70. The van der Waals surface area contributed by atoms with Crippen molar-refractivity contribution in [2.75, 3.05) is 20.1 Å². The number of carbonyl (C=O) groups is 1. The highest BCUT2D eigenvalue weighted by molar-refractivity contribution is 5.97. The third-order valence-electron chi connectivity index (χ3n) is 3.36. The number of rotatable bonds is 6. The van der Waals surface area contributed by atoms with Gasteiger partial charge in [0.05, 0.1) is 6.54 Å². The first-order valence-electron chi connectivity index (χ1n) is 6.49. The molecule has 2 nitrogen and oxygen atoms in total. The zero-order chi connectivity index (χ0) is 12.3. The van der Waals surface area contributed by atoms with Gasteiger partial charge in [0.15, 0.2) is 5.78 Å². The summed E-state index contributed by atoms with van der Waals surface area (Å²) in [5.74, 6) is 1.08. The average molecular weight is 231 g/mol. The normalized spacial score (nSPS) is 15.2. The molecule has 0 saturated heterocycles. The molecule has 0 radical (unpaired) electrons. The van der Waals surface area contributed by atoms with E-state index < -0.39 is 0 Å². The zero-order valence-corrected chi connectivity index (χ0v) is 10.8. The minimum atomic E-state index is 0.232. The highest BCUT2D eigenvalue weighted by Crippen LogP contribution is 2.29. The predicted octanol–water partition coefficient (Wildman–Crippen LogP) is 2.77. The van der Waals surface area contributed by atoms with Crippen LogP contribution in [-0.2, 0) is 6.42 Å². The van der Waals surface area contributed by atoms with Gasteiger partial charge < -0.3 is 0 Å². The van der Waals surface area contributed by atoms with E-state index >= 15 is 0 Å². The van der Waals surface area contributed by atoms with Crippen molar-refractivity contribution in [3.8, 4) is 0 Å². The van der Waals surface area contributed by atoms with Crippen molar-refractivity contribution in [2.45, 2.75) is 26.2 Å². The molecule has 0 amide bonds. The minimum absolute atomic E-state index is 0.232. The fourth-order valence-corrected chi connectivity index (χ4v) is 2.07. The first-order chi connectivity index (χ1) is 8.19. The van der Waals surface area contributed by atoms with E-state index in [1.165, 1.54) is 18.4 Å². The number of nitrogens with zero attached hydrogens (tertiary/aromatic N) is 1. The second-order valence-electron chi connectivity index (χ2n) is 5.11. The molecule has 0 aromatic heterocycles. The predicted molar refractivity (Wildman–Crippen MR) is 70.4 cm³/mol. The molecule has 0 N–H and O–H groups in total. The van der Waals surface area contributed by atoms with Crippen LogP contribution in [0.5, 0.6) is 0 Å². The van der Waals surface area contributed by atoms with Crippen LogP contribution in [0.1, 0.15) is 35.7 Å². The van der Waals surface area contributed by atoms with E-state index in [9.17, 15) is 4.79 Å². The number of hydrogen-bond donors (Lipinski definition) is 0. The number of likely N-dealkylation sites (N-methyl/N-ethyl adjacent to an activating group) is 1. The Balaban J connectivity index is 1.88. The van der Waals surface area contributed by atoms with Gasteiger partial charge in [-0.15, -0.1) is 0 Å². The minimum Gasteiger partial charge on any atom is -0.299 e. The van der Waals surface area contributed by atoms with E-state index in [2.05, 4.69) is 11.8 Å². The third-order valence-corrected chi connectivity index (χ3v) is 3.36. The molecule has 1 fully saturated rings. The smallest absolute Gasteiger partial charge is 0.176 e. The Kier molecular flexibility index (Phi) is 3.95. The Morgan fingerprint density at radius 2 is 1.94 bits per heavy atom. The van der Waals surface area contributed by atoms with Gasteiger partial charge in [0.2, 0.25) is 0 Å². The number of benzene rings is 1. The number of ketones is 1. The number of Topliss-reactive ketones (excluding diaryl/α,β-unsaturated/α-hetero) is 1. The van der Waals surface area contributed by atoms with Crippen LogP contribution < -0.4 is 0 Å². The fraction of sp³-hybridized carbons (Fsp3) is 0.533. The number of aryl methyl sites for hydroxylation is 1. The first-order valence-corrected chi connectivity index (χ1v) is 6.49. The maximum absolute atomic E-state index is 12.0. The van der Waals surface area contributed by atoms with Gasteiger partial charge in [0, 0.05) is 12.1 Å². The van der Waals surface area contributed by atoms with Crippen LogP contribution in [0.2, 0.25) is 0 Å². The lowest BCUT2D eigenvalue weighted by Gasteiger charge is -2.15. The second-order valence-corrected chi connectivity index (χ2v) is 5.11.